The van der Waals surface area contributed by atoms with Crippen molar-refractivity contribution in [2.75, 3.05) is 5.75 Å². The van der Waals surface area contributed by atoms with Crippen molar-refractivity contribution >= 4 is 25.7 Å². The van der Waals surface area contributed by atoms with Crippen LogP contribution in [0.1, 0.15) is 22.8 Å². The summed E-state index contributed by atoms with van der Waals surface area (Å²) in [5.74, 6) is -0.942. The molecule has 0 radical (unpaired) electrons. The summed E-state index contributed by atoms with van der Waals surface area (Å²) in [7, 11) is 1.46. The summed E-state index contributed by atoms with van der Waals surface area (Å²) in [5.41, 5.74) is -0.233. The third-order valence-electron chi connectivity index (χ3n) is 2.48. The third kappa shape index (κ3) is 1.92. The molecule has 0 N–H and O–H groups in total. The summed E-state index contributed by atoms with van der Waals surface area (Å²) in [6.07, 6.45) is 0. The maximum Gasteiger partial charge on any atom is 0.339 e. The lowest BCUT2D eigenvalue weighted by molar-refractivity contribution is 0.0111. The lowest BCUT2D eigenvalue weighted by atomic mass is 9.96. The Morgan fingerprint density at radius 3 is 2.62 bits per heavy atom. The van der Waals surface area contributed by atoms with E-state index in [-0.39, 0.29) is 0 Å². The number of halogens is 1. The maximum atomic E-state index is 11.5. The van der Waals surface area contributed by atoms with Crippen molar-refractivity contribution in [3.05, 3.63) is 35.4 Å². The largest absolute Gasteiger partial charge is 0.450 e. The molecule has 1 aromatic carbocycles. The van der Waals surface area contributed by atoms with Crippen LogP contribution in [0.25, 0.3) is 0 Å². The summed E-state index contributed by atoms with van der Waals surface area (Å²) in [4.78, 5) is 11.5. The van der Waals surface area contributed by atoms with Gasteiger partial charge in [0.2, 0.25) is 9.05 Å². The van der Waals surface area contributed by atoms with E-state index in [0.29, 0.717) is 11.1 Å². The first-order valence-electron chi connectivity index (χ1n) is 4.57. The van der Waals surface area contributed by atoms with Crippen LogP contribution in [0.3, 0.4) is 0 Å². The molecule has 4 nitrogen and oxygen atoms in total. The lowest BCUT2D eigenvalue weighted by Crippen LogP contribution is -2.29. The number of ether oxygens (including phenoxy) is 1. The second-order valence-corrected chi connectivity index (χ2v) is 6.63. The van der Waals surface area contributed by atoms with E-state index in [9.17, 15) is 13.2 Å². The minimum absolute atomic E-state index is 0.394. The summed E-state index contributed by atoms with van der Waals surface area (Å²) < 4.78 is 27.3. The quantitative estimate of drug-likeness (QED) is 0.599. The van der Waals surface area contributed by atoms with Gasteiger partial charge in [0.05, 0.1) is 5.56 Å². The van der Waals surface area contributed by atoms with Gasteiger partial charge >= 0.3 is 5.97 Å². The van der Waals surface area contributed by atoms with E-state index < -0.39 is 26.4 Å². The van der Waals surface area contributed by atoms with Crippen molar-refractivity contribution in [2.45, 2.75) is 12.5 Å². The molecule has 0 fully saturated rings. The molecule has 1 atom stereocenters. The molecule has 0 saturated carbocycles. The zero-order chi connectivity index (χ0) is 12.0. The van der Waals surface area contributed by atoms with E-state index in [1.165, 1.54) is 6.92 Å². The molecule has 0 amide bonds. The summed E-state index contributed by atoms with van der Waals surface area (Å²) in [5, 5.41) is 0. The van der Waals surface area contributed by atoms with E-state index in [1.54, 1.807) is 24.3 Å². The fourth-order valence-corrected chi connectivity index (χ4v) is 3.37. The maximum absolute atomic E-state index is 11.5. The van der Waals surface area contributed by atoms with Crippen LogP contribution in [0.2, 0.25) is 0 Å². The topological polar surface area (TPSA) is 60.4 Å². The molecule has 2 rings (SSSR count). The van der Waals surface area contributed by atoms with Gasteiger partial charge in [-0.3, -0.25) is 0 Å². The minimum Gasteiger partial charge on any atom is -0.450 e. The molecule has 1 aliphatic heterocycles. The zero-order valence-electron chi connectivity index (χ0n) is 8.44. The monoisotopic (exact) mass is 260 g/mol. The molecule has 1 aromatic rings. The number of cyclic esters (lactones) is 1. The van der Waals surface area contributed by atoms with Gasteiger partial charge in [0, 0.05) is 16.2 Å². The molecular weight excluding hydrogens is 252 g/mol. The molecule has 0 spiro atoms. The fraction of sp³-hybridized carbons (Fsp3) is 0.300. The summed E-state index contributed by atoms with van der Waals surface area (Å²) in [6, 6.07) is 6.69. The molecule has 6 heteroatoms. The number of rotatable bonds is 2. The van der Waals surface area contributed by atoms with Gasteiger partial charge < -0.3 is 4.74 Å². The molecule has 1 heterocycles. The molecule has 1 unspecified atom stereocenters. The molecule has 16 heavy (non-hydrogen) atoms. The van der Waals surface area contributed by atoms with Gasteiger partial charge in [-0.2, -0.15) is 0 Å². The van der Waals surface area contributed by atoms with Crippen LogP contribution >= 0.6 is 10.7 Å². The summed E-state index contributed by atoms with van der Waals surface area (Å²) in [6.45, 7) is 1.54. The second-order valence-electron chi connectivity index (χ2n) is 3.85. The number of fused-ring (bicyclic) bond motifs is 1. The van der Waals surface area contributed by atoms with E-state index in [0.717, 1.165) is 0 Å². The van der Waals surface area contributed by atoms with Gasteiger partial charge in [0.1, 0.15) is 5.75 Å². The molecule has 0 aliphatic carbocycles. The van der Waals surface area contributed by atoms with Crippen molar-refractivity contribution in [3.8, 4) is 0 Å². The highest BCUT2D eigenvalue weighted by Gasteiger charge is 2.44. The lowest BCUT2D eigenvalue weighted by Gasteiger charge is -2.21. The molecule has 0 bridgehead atoms. The van der Waals surface area contributed by atoms with Crippen molar-refractivity contribution < 1.29 is 17.9 Å². The van der Waals surface area contributed by atoms with Crippen LogP contribution in [-0.2, 0) is 19.4 Å². The Labute approximate surface area is 97.6 Å². The number of carbonyl (C=O) groups is 1. The van der Waals surface area contributed by atoms with E-state index >= 15 is 0 Å². The number of carbonyl (C=O) groups excluding carboxylic acids is 1. The average Bonchev–Trinajstić information content (AvgIpc) is 2.37. The first kappa shape index (κ1) is 11.4. The highest BCUT2D eigenvalue weighted by Crippen LogP contribution is 2.37. The fourth-order valence-electron chi connectivity index (χ4n) is 1.87. The molecule has 1 aliphatic rings. The highest BCUT2D eigenvalue weighted by molar-refractivity contribution is 8.13. The van der Waals surface area contributed by atoms with Gasteiger partial charge in [-0.05, 0) is 13.0 Å². The third-order valence-corrected chi connectivity index (χ3v) is 3.71. The van der Waals surface area contributed by atoms with Gasteiger partial charge in [-0.15, -0.1) is 0 Å². The predicted molar refractivity (Wildman–Crippen MR) is 58.8 cm³/mol. The van der Waals surface area contributed by atoms with Crippen LogP contribution < -0.4 is 0 Å². The van der Waals surface area contributed by atoms with E-state index in [1.807, 2.05) is 0 Å². The van der Waals surface area contributed by atoms with Crippen molar-refractivity contribution in [1.29, 1.82) is 0 Å². The first-order chi connectivity index (χ1) is 7.32. The van der Waals surface area contributed by atoms with Gasteiger partial charge in [0.25, 0.3) is 0 Å². The van der Waals surface area contributed by atoms with Gasteiger partial charge in [-0.1, -0.05) is 18.2 Å². The Hall–Kier alpha value is -1.07. The highest BCUT2D eigenvalue weighted by atomic mass is 35.7. The number of esters is 1. The van der Waals surface area contributed by atoms with Crippen LogP contribution in [0.15, 0.2) is 24.3 Å². The molecule has 86 valence electrons. The Morgan fingerprint density at radius 1 is 1.38 bits per heavy atom. The Kier molecular flexibility index (Phi) is 2.47. The number of hydrogen-bond acceptors (Lipinski definition) is 4. The van der Waals surface area contributed by atoms with Gasteiger partial charge in [-0.25, -0.2) is 13.2 Å². The normalized spacial score (nSPS) is 24.0. The first-order valence-corrected chi connectivity index (χ1v) is 7.05. The number of benzene rings is 1. The standard InChI is InChI=1S/C10H9ClO4S/c1-10(6-16(11,13)14)8-5-3-2-4-7(8)9(12)15-10/h2-5H,6H2,1H3. The van der Waals surface area contributed by atoms with Crippen molar-refractivity contribution in [1.82, 2.24) is 0 Å². The van der Waals surface area contributed by atoms with Crippen molar-refractivity contribution in [3.63, 3.8) is 0 Å². The molecule has 0 saturated heterocycles. The van der Waals surface area contributed by atoms with Crippen LogP contribution in [0, 0.1) is 0 Å². The molecule has 0 aromatic heterocycles. The van der Waals surface area contributed by atoms with Crippen LogP contribution in [0.5, 0.6) is 0 Å². The second kappa shape index (κ2) is 3.46. The van der Waals surface area contributed by atoms with Gasteiger partial charge in [0.15, 0.2) is 5.60 Å². The minimum atomic E-state index is -3.74. The predicted octanol–water partition coefficient (Wildman–Crippen LogP) is 1.64. The average molecular weight is 261 g/mol. The summed E-state index contributed by atoms with van der Waals surface area (Å²) >= 11 is 0. The van der Waals surface area contributed by atoms with Crippen LogP contribution in [0.4, 0.5) is 0 Å². The molecular formula is C10H9ClO4S. The van der Waals surface area contributed by atoms with E-state index in [4.69, 9.17) is 15.4 Å². The Balaban J connectivity index is 2.51. The van der Waals surface area contributed by atoms with Crippen LogP contribution in [-0.4, -0.2) is 20.1 Å². The SMILES string of the molecule is CC1(CS(=O)(=O)Cl)OC(=O)c2ccccc21. The zero-order valence-corrected chi connectivity index (χ0v) is 10.0. The Morgan fingerprint density at radius 2 is 2.00 bits per heavy atom. The van der Waals surface area contributed by atoms with Crippen molar-refractivity contribution in [2.24, 2.45) is 0 Å². The number of hydrogen-bond donors (Lipinski definition) is 0. The smallest absolute Gasteiger partial charge is 0.339 e. The Bertz CT molecular complexity index is 552. The van der Waals surface area contributed by atoms with E-state index in [2.05, 4.69) is 0 Å².